The number of hydrogen-bond acceptors (Lipinski definition) is 4. The number of amides is 1. The number of aromatic nitrogens is 2. The van der Waals surface area contributed by atoms with E-state index in [9.17, 15) is 18.0 Å². The van der Waals surface area contributed by atoms with Gasteiger partial charge in [0.1, 0.15) is 0 Å². The molecule has 3 rings (SSSR count). The topological polar surface area (TPSA) is 58.1 Å². The van der Waals surface area contributed by atoms with Crippen LogP contribution in [-0.4, -0.2) is 29.0 Å². The zero-order chi connectivity index (χ0) is 20.1. The van der Waals surface area contributed by atoms with Gasteiger partial charge in [0.05, 0.1) is 24.2 Å². The van der Waals surface area contributed by atoms with E-state index in [1.54, 1.807) is 0 Å². The largest absolute Gasteiger partial charge is 0.416 e. The van der Waals surface area contributed by atoms with E-state index in [2.05, 4.69) is 20.2 Å². The minimum absolute atomic E-state index is 0.0151. The highest BCUT2D eigenvalue weighted by atomic mass is 19.4. The summed E-state index contributed by atoms with van der Waals surface area (Å²) in [6.07, 6.45) is -0.902. The Morgan fingerprint density at radius 1 is 1.11 bits per heavy atom. The van der Waals surface area contributed by atoms with E-state index in [0.717, 1.165) is 43.8 Å². The van der Waals surface area contributed by atoms with E-state index in [1.165, 1.54) is 18.6 Å². The number of aryl methyl sites for hydroxylation is 1. The number of rotatable bonds is 5. The van der Waals surface area contributed by atoms with Crippen molar-refractivity contribution in [2.45, 2.75) is 45.3 Å². The fourth-order valence-electron chi connectivity index (χ4n) is 3.19. The van der Waals surface area contributed by atoms with Gasteiger partial charge in [-0.3, -0.25) is 4.79 Å². The molecule has 0 spiro atoms. The quantitative estimate of drug-likeness (QED) is 0.844. The van der Waals surface area contributed by atoms with Crippen LogP contribution in [0.2, 0.25) is 0 Å². The summed E-state index contributed by atoms with van der Waals surface area (Å²) < 4.78 is 37.8. The average molecular weight is 392 g/mol. The maximum atomic E-state index is 12.6. The summed E-state index contributed by atoms with van der Waals surface area (Å²) in [6.45, 7) is 4.01. The van der Waals surface area contributed by atoms with E-state index in [1.807, 2.05) is 13.0 Å². The molecule has 0 aliphatic carbocycles. The third-order valence-corrected chi connectivity index (χ3v) is 4.65. The Morgan fingerprint density at radius 2 is 1.79 bits per heavy atom. The Labute approximate surface area is 162 Å². The standard InChI is InChI=1S/C20H23F3N4O/c1-14-11-17(26-19(25-14)27-9-3-2-4-10-27)13-24-18(28)12-15-5-7-16(8-6-15)20(21,22)23/h5-8,11H,2-4,9-10,12-13H2,1H3,(H,24,28). The third kappa shape index (κ3) is 5.43. The van der Waals surface area contributed by atoms with E-state index < -0.39 is 11.7 Å². The van der Waals surface area contributed by atoms with Gasteiger partial charge in [0, 0.05) is 18.8 Å². The number of piperidine rings is 1. The van der Waals surface area contributed by atoms with Gasteiger partial charge in [0.15, 0.2) is 0 Å². The molecule has 1 saturated heterocycles. The molecule has 0 bridgehead atoms. The van der Waals surface area contributed by atoms with Crippen LogP contribution >= 0.6 is 0 Å². The van der Waals surface area contributed by atoms with Gasteiger partial charge in [-0.1, -0.05) is 12.1 Å². The number of nitrogens with one attached hydrogen (secondary N) is 1. The first kappa shape index (κ1) is 20.1. The molecule has 1 aliphatic heterocycles. The summed E-state index contributed by atoms with van der Waals surface area (Å²) in [5.74, 6) is 0.419. The third-order valence-electron chi connectivity index (χ3n) is 4.65. The van der Waals surface area contributed by atoms with Crippen molar-refractivity contribution in [1.29, 1.82) is 0 Å². The van der Waals surface area contributed by atoms with Gasteiger partial charge in [0.2, 0.25) is 11.9 Å². The molecule has 8 heteroatoms. The van der Waals surface area contributed by atoms with Gasteiger partial charge < -0.3 is 10.2 Å². The Bertz CT molecular complexity index is 815. The lowest BCUT2D eigenvalue weighted by Crippen LogP contribution is -2.32. The lowest BCUT2D eigenvalue weighted by atomic mass is 10.1. The van der Waals surface area contributed by atoms with Gasteiger partial charge >= 0.3 is 6.18 Å². The number of anilines is 1. The minimum atomic E-state index is -4.38. The molecule has 1 amide bonds. The molecule has 0 atom stereocenters. The average Bonchev–Trinajstić information content (AvgIpc) is 2.66. The molecule has 0 saturated carbocycles. The van der Waals surface area contributed by atoms with E-state index in [-0.39, 0.29) is 18.9 Å². The minimum Gasteiger partial charge on any atom is -0.350 e. The second-order valence-electron chi connectivity index (χ2n) is 7.00. The van der Waals surface area contributed by atoms with Crippen LogP contribution < -0.4 is 10.2 Å². The maximum absolute atomic E-state index is 12.6. The summed E-state index contributed by atoms with van der Waals surface area (Å²) >= 11 is 0. The van der Waals surface area contributed by atoms with E-state index in [4.69, 9.17) is 0 Å². The van der Waals surface area contributed by atoms with Crippen LogP contribution in [0.5, 0.6) is 0 Å². The lowest BCUT2D eigenvalue weighted by molar-refractivity contribution is -0.137. The van der Waals surface area contributed by atoms with Gasteiger partial charge in [0.25, 0.3) is 0 Å². The predicted molar refractivity (Wildman–Crippen MR) is 99.8 cm³/mol. The van der Waals surface area contributed by atoms with Crippen LogP contribution in [0.1, 0.15) is 41.8 Å². The predicted octanol–water partition coefficient (Wildman–Crippen LogP) is 3.65. The van der Waals surface area contributed by atoms with Gasteiger partial charge in [-0.15, -0.1) is 0 Å². The van der Waals surface area contributed by atoms with Crippen molar-refractivity contribution in [1.82, 2.24) is 15.3 Å². The highest BCUT2D eigenvalue weighted by Crippen LogP contribution is 2.29. The summed E-state index contributed by atoms with van der Waals surface area (Å²) in [5.41, 5.74) is 1.35. The lowest BCUT2D eigenvalue weighted by Gasteiger charge is -2.27. The molecule has 1 fully saturated rings. The summed E-state index contributed by atoms with van der Waals surface area (Å²) in [6, 6.07) is 6.45. The maximum Gasteiger partial charge on any atom is 0.416 e. The van der Waals surface area contributed by atoms with Gasteiger partial charge in [-0.2, -0.15) is 13.2 Å². The number of alkyl halides is 3. The van der Waals surface area contributed by atoms with E-state index >= 15 is 0 Å². The molecule has 1 aromatic heterocycles. The Kier molecular flexibility index (Phi) is 6.16. The normalized spacial score (nSPS) is 14.8. The second kappa shape index (κ2) is 8.58. The van der Waals surface area contributed by atoms with Crippen molar-refractivity contribution >= 4 is 11.9 Å². The molecule has 0 unspecified atom stereocenters. The summed E-state index contributed by atoms with van der Waals surface area (Å²) in [7, 11) is 0. The molecule has 1 N–H and O–H groups in total. The zero-order valence-corrected chi connectivity index (χ0v) is 15.7. The highest BCUT2D eigenvalue weighted by molar-refractivity contribution is 5.78. The molecule has 5 nitrogen and oxygen atoms in total. The fraction of sp³-hybridized carbons (Fsp3) is 0.450. The molecule has 28 heavy (non-hydrogen) atoms. The van der Waals surface area contributed by atoms with Crippen LogP contribution in [0, 0.1) is 6.92 Å². The van der Waals surface area contributed by atoms with Crippen LogP contribution in [-0.2, 0) is 23.9 Å². The summed E-state index contributed by atoms with van der Waals surface area (Å²) in [4.78, 5) is 23.3. The number of carbonyl (C=O) groups excluding carboxylic acids is 1. The van der Waals surface area contributed by atoms with Crippen molar-refractivity contribution in [3.63, 3.8) is 0 Å². The van der Waals surface area contributed by atoms with Crippen molar-refractivity contribution in [2.75, 3.05) is 18.0 Å². The molecule has 2 aromatic rings. The first-order chi connectivity index (χ1) is 13.3. The number of halogens is 3. The SMILES string of the molecule is Cc1cc(CNC(=O)Cc2ccc(C(F)(F)F)cc2)nc(N2CCCCC2)n1. The van der Waals surface area contributed by atoms with Crippen molar-refractivity contribution < 1.29 is 18.0 Å². The molecule has 1 aromatic carbocycles. The molecule has 150 valence electrons. The van der Waals surface area contributed by atoms with Crippen LogP contribution in [0.25, 0.3) is 0 Å². The van der Waals surface area contributed by atoms with Gasteiger partial charge in [-0.05, 0) is 49.9 Å². The zero-order valence-electron chi connectivity index (χ0n) is 15.7. The Hall–Kier alpha value is -2.64. The molecular weight excluding hydrogens is 369 g/mol. The number of hydrogen-bond donors (Lipinski definition) is 1. The first-order valence-corrected chi connectivity index (χ1v) is 9.33. The fourth-order valence-corrected chi connectivity index (χ4v) is 3.19. The first-order valence-electron chi connectivity index (χ1n) is 9.33. The molecular formula is C20H23F3N4O. The Morgan fingerprint density at radius 3 is 2.43 bits per heavy atom. The molecule has 2 heterocycles. The Balaban J connectivity index is 1.57. The van der Waals surface area contributed by atoms with Crippen molar-refractivity contribution in [3.05, 3.63) is 52.8 Å². The smallest absolute Gasteiger partial charge is 0.350 e. The highest BCUT2D eigenvalue weighted by Gasteiger charge is 2.29. The number of benzene rings is 1. The van der Waals surface area contributed by atoms with Crippen LogP contribution in [0.15, 0.2) is 30.3 Å². The number of carbonyl (C=O) groups is 1. The summed E-state index contributed by atoms with van der Waals surface area (Å²) in [5, 5.41) is 2.78. The van der Waals surface area contributed by atoms with Crippen LogP contribution in [0.4, 0.5) is 19.1 Å². The molecule has 1 aliphatic rings. The number of nitrogens with zero attached hydrogens (tertiary/aromatic N) is 3. The molecule has 0 radical (unpaired) electrons. The van der Waals surface area contributed by atoms with Crippen molar-refractivity contribution in [2.24, 2.45) is 0 Å². The monoisotopic (exact) mass is 392 g/mol. The van der Waals surface area contributed by atoms with Crippen molar-refractivity contribution in [3.8, 4) is 0 Å². The van der Waals surface area contributed by atoms with Crippen LogP contribution in [0.3, 0.4) is 0 Å². The van der Waals surface area contributed by atoms with E-state index in [0.29, 0.717) is 17.2 Å². The van der Waals surface area contributed by atoms with Gasteiger partial charge in [-0.25, -0.2) is 9.97 Å². The second-order valence-corrected chi connectivity index (χ2v) is 7.00.